The zero-order valence-corrected chi connectivity index (χ0v) is 22.0. The van der Waals surface area contributed by atoms with E-state index in [4.69, 9.17) is 4.98 Å². The van der Waals surface area contributed by atoms with Crippen LogP contribution in [-0.2, 0) is 15.2 Å². The zero-order chi connectivity index (χ0) is 26.3. The molecule has 11 heteroatoms. The lowest BCUT2D eigenvalue weighted by Gasteiger charge is -2.38. The first-order valence-corrected chi connectivity index (χ1v) is 13.0. The van der Waals surface area contributed by atoms with Gasteiger partial charge in [-0.25, -0.2) is 15.0 Å². The molecule has 3 aliphatic rings. The second kappa shape index (κ2) is 9.86. The Kier molecular flexibility index (Phi) is 6.76. The third-order valence-electron chi connectivity index (χ3n) is 7.93. The molecule has 2 fully saturated rings. The number of likely N-dealkylation sites (N-methyl/N-ethyl adjacent to an activating group) is 2. The van der Waals surface area contributed by atoms with Crippen LogP contribution in [0.1, 0.15) is 38.3 Å². The van der Waals surface area contributed by atoms with Crippen molar-refractivity contribution >= 4 is 35.0 Å². The minimum Gasteiger partial charge on any atom is -0.380 e. The molecule has 2 unspecified atom stereocenters. The molecule has 0 aromatic carbocycles. The van der Waals surface area contributed by atoms with Crippen LogP contribution in [0.5, 0.6) is 0 Å². The summed E-state index contributed by atoms with van der Waals surface area (Å²) >= 11 is 0. The lowest BCUT2D eigenvalue weighted by atomic mass is 9.78. The summed E-state index contributed by atoms with van der Waals surface area (Å²) in [7, 11) is 5.39. The molecule has 2 aliphatic heterocycles. The quantitative estimate of drug-likeness (QED) is 0.620. The van der Waals surface area contributed by atoms with Crippen molar-refractivity contribution in [3.05, 3.63) is 30.2 Å². The van der Waals surface area contributed by atoms with Gasteiger partial charge >= 0.3 is 0 Å². The summed E-state index contributed by atoms with van der Waals surface area (Å²) < 4.78 is 0. The molecular formula is C26H36N8O3. The molecule has 2 aromatic rings. The highest BCUT2D eigenvalue weighted by atomic mass is 16.3. The van der Waals surface area contributed by atoms with E-state index in [-0.39, 0.29) is 23.7 Å². The molecule has 1 aliphatic carbocycles. The Balaban J connectivity index is 1.46. The molecule has 4 heterocycles. The zero-order valence-electron chi connectivity index (χ0n) is 22.0. The van der Waals surface area contributed by atoms with Gasteiger partial charge in [0.25, 0.3) is 0 Å². The number of aliphatic hydroxyl groups is 1. The van der Waals surface area contributed by atoms with Crippen LogP contribution in [-0.4, -0.2) is 95.0 Å². The molecule has 2 aromatic heterocycles. The lowest BCUT2D eigenvalue weighted by molar-refractivity contribution is -0.142. The Labute approximate surface area is 217 Å². The van der Waals surface area contributed by atoms with Gasteiger partial charge in [-0.15, -0.1) is 0 Å². The van der Waals surface area contributed by atoms with Gasteiger partial charge in [-0.2, -0.15) is 0 Å². The van der Waals surface area contributed by atoms with E-state index in [9.17, 15) is 14.7 Å². The molecule has 11 nitrogen and oxygen atoms in total. The van der Waals surface area contributed by atoms with E-state index >= 15 is 0 Å². The van der Waals surface area contributed by atoms with Gasteiger partial charge < -0.3 is 25.1 Å². The number of hydrogen-bond donors (Lipinski definition) is 2. The highest BCUT2D eigenvalue weighted by molar-refractivity contribution is 6.03. The van der Waals surface area contributed by atoms with Gasteiger partial charge in [-0.05, 0) is 37.9 Å². The Morgan fingerprint density at radius 2 is 1.78 bits per heavy atom. The van der Waals surface area contributed by atoms with Crippen molar-refractivity contribution in [3.63, 3.8) is 0 Å². The standard InChI is InChI=1S/C26H36N8O3/c1-17(35)34-20-16-28-25(29-21-10-9-19(15-27-21)33-13-11-32(4)12-14-33)30-22(20)26(37,18-7-5-6-8-18)23(34)24(36)31(2)3/h9-10,15-16,18,23,37H,5-8,11-14H2,1-4H3,(H,27,28,29,30). The molecule has 198 valence electrons. The highest BCUT2D eigenvalue weighted by Gasteiger charge is 2.60. The van der Waals surface area contributed by atoms with E-state index in [1.54, 1.807) is 14.1 Å². The van der Waals surface area contributed by atoms with Crippen molar-refractivity contribution in [1.29, 1.82) is 0 Å². The highest BCUT2D eigenvalue weighted by Crippen LogP contribution is 2.52. The van der Waals surface area contributed by atoms with Crippen LogP contribution < -0.4 is 15.1 Å². The van der Waals surface area contributed by atoms with Crippen molar-refractivity contribution in [2.45, 2.75) is 44.2 Å². The van der Waals surface area contributed by atoms with Gasteiger partial charge in [0, 0.05) is 47.2 Å². The van der Waals surface area contributed by atoms with Crippen molar-refractivity contribution < 1.29 is 14.7 Å². The number of amides is 2. The van der Waals surface area contributed by atoms with Gasteiger partial charge in [0.1, 0.15) is 17.1 Å². The minimum atomic E-state index is -1.60. The first kappa shape index (κ1) is 25.3. The van der Waals surface area contributed by atoms with Gasteiger partial charge in [0.2, 0.25) is 17.8 Å². The van der Waals surface area contributed by atoms with Crippen LogP contribution in [0, 0.1) is 5.92 Å². The average molecular weight is 509 g/mol. The minimum absolute atomic E-state index is 0.187. The van der Waals surface area contributed by atoms with Crippen LogP contribution in [0.3, 0.4) is 0 Å². The van der Waals surface area contributed by atoms with Crippen LogP contribution in [0.4, 0.5) is 23.1 Å². The normalized spacial score (nSPS) is 24.3. The number of rotatable bonds is 5. The monoisotopic (exact) mass is 508 g/mol. The predicted molar refractivity (Wildman–Crippen MR) is 141 cm³/mol. The Morgan fingerprint density at radius 3 is 2.38 bits per heavy atom. The maximum Gasteiger partial charge on any atom is 0.248 e. The van der Waals surface area contributed by atoms with E-state index in [1.807, 2.05) is 18.3 Å². The van der Waals surface area contributed by atoms with Gasteiger partial charge in [0.05, 0.1) is 23.8 Å². The molecule has 5 rings (SSSR count). The van der Waals surface area contributed by atoms with Crippen molar-refractivity contribution in [3.8, 4) is 0 Å². The predicted octanol–water partition coefficient (Wildman–Crippen LogP) is 1.57. The maximum absolute atomic E-state index is 13.3. The number of anilines is 4. The first-order valence-electron chi connectivity index (χ1n) is 13.0. The number of carbonyl (C=O) groups excluding carboxylic acids is 2. The van der Waals surface area contributed by atoms with Crippen molar-refractivity contribution in [2.75, 3.05) is 62.4 Å². The number of nitrogens with one attached hydrogen (secondary N) is 1. The third-order valence-corrected chi connectivity index (χ3v) is 7.93. The fourth-order valence-corrected chi connectivity index (χ4v) is 5.88. The molecule has 1 saturated carbocycles. The summed E-state index contributed by atoms with van der Waals surface area (Å²) in [6, 6.07) is 2.82. The van der Waals surface area contributed by atoms with Crippen molar-refractivity contribution in [2.24, 2.45) is 5.92 Å². The smallest absolute Gasteiger partial charge is 0.248 e. The Bertz CT molecular complexity index is 1160. The summed E-state index contributed by atoms with van der Waals surface area (Å²) in [6.07, 6.45) is 6.81. The first-order chi connectivity index (χ1) is 17.7. The second-order valence-electron chi connectivity index (χ2n) is 10.6. The number of fused-ring (bicyclic) bond motifs is 1. The Hall–Kier alpha value is -3.31. The van der Waals surface area contributed by atoms with Crippen LogP contribution in [0.25, 0.3) is 0 Å². The SMILES string of the molecule is CC(=O)N1c2cnc(Nc3ccc(N4CCN(C)CC4)cn3)nc2C(O)(C2CCCC2)C1C(=O)N(C)C. The summed E-state index contributed by atoms with van der Waals surface area (Å²) in [4.78, 5) is 47.2. The topological polar surface area (TPSA) is 118 Å². The van der Waals surface area contributed by atoms with E-state index < -0.39 is 11.6 Å². The number of aromatic nitrogens is 3. The molecule has 2 N–H and O–H groups in total. The molecule has 2 atom stereocenters. The van der Waals surface area contributed by atoms with Crippen molar-refractivity contribution in [1.82, 2.24) is 24.8 Å². The van der Waals surface area contributed by atoms with Gasteiger partial charge in [-0.1, -0.05) is 12.8 Å². The maximum atomic E-state index is 13.3. The second-order valence-corrected chi connectivity index (χ2v) is 10.6. The fourth-order valence-electron chi connectivity index (χ4n) is 5.88. The molecular weight excluding hydrogens is 472 g/mol. The summed E-state index contributed by atoms with van der Waals surface area (Å²) in [5.74, 6) is -0.0200. The fraction of sp³-hybridized carbons (Fsp3) is 0.577. The number of pyridine rings is 1. The van der Waals surface area contributed by atoms with Gasteiger partial charge in [0.15, 0.2) is 6.04 Å². The summed E-state index contributed by atoms with van der Waals surface area (Å²) in [5, 5.41) is 15.4. The molecule has 0 bridgehead atoms. The summed E-state index contributed by atoms with van der Waals surface area (Å²) in [6.45, 7) is 5.34. The van der Waals surface area contributed by atoms with E-state index in [0.717, 1.165) is 57.5 Å². The molecule has 0 radical (unpaired) electrons. The Morgan fingerprint density at radius 1 is 1.08 bits per heavy atom. The van der Waals surface area contributed by atoms with E-state index in [0.29, 0.717) is 17.2 Å². The number of nitrogens with zero attached hydrogens (tertiary/aromatic N) is 7. The lowest BCUT2D eigenvalue weighted by Crippen LogP contribution is -2.58. The molecule has 37 heavy (non-hydrogen) atoms. The largest absolute Gasteiger partial charge is 0.380 e. The molecule has 1 saturated heterocycles. The van der Waals surface area contributed by atoms with E-state index in [1.165, 1.54) is 22.9 Å². The van der Waals surface area contributed by atoms with E-state index in [2.05, 4.69) is 32.1 Å². The van der Waals surface area contributed by atoms with Crippen LogP contribution in [0.15, 0.2) is 24.5 Å². The molecule has 2 amide bonds. The third kappa shape index (κ3) is 4.50. The average Bonchev–Trinajstić information content (AvgIpc) is 3.51. The number of piperazine rings is 1. The van der Waals surface area contributed by atoms with Crippen LogP contribution in [0.2, 0.25) is 0 Å². The summed E-state index contributed by atoms with van der Waals surface area (Å²) in [5.41, 5.74) is 0.162. The van der Waals surface area contributed by atoms with Gasteiger partial charge in [-0.3, -0.25) is 14.5 Å². The molecule has 0 spiro atoms. The van der Waals surface area contributed by atoms with Crippen LogP contribution >= 0.6 is 0 Å². The number of hydrogen-bond acceptors (Lipinski definition) is 9. The number of carbonyl (C=O) groups is 2.